The Morgan fingerprint density at radius 2 is 1.67 bits per heavy atom. The van der Waals surface area contributed by atoms with Crippen molar-refractivity contribution in [3.05, 3.63) is 72.3 Å². The number of ether oxygens (including phenoxy) is 1. The summed E-state index contributed by atoms with van der Waals surface area (Å²) >= 11 is 0. The fraction of sp³-hybridized carbons (Fsp3) is 0.0909. The van der Waals surface area contributed by atoms with Crippen molar-refractivity contribution < 1.29 is 14.3 Å². The molecule has 0 radical (unpaired) electrons. The molecule has 0 saturated carbocycles. The zero-order chi connectivity index (χ0) is 18.8. The third-order valence-corrected chi connectivity index (χ3v) is 4.42. The molecule has 2 N–H and O–H groups in total. The highest BCUT2D eigenvalue weighted by Gasteiger charge is 2.08. The van der Waals surface area contributed by atoms with Crippen molar-refractivity contribution in [3.8, 4) is 5.75 Å². The first kappa shape index (κ1) is 16.8. The molecule has 0 fully saturated rings. The number of aromatic nitrogens is 1. The van der Waals surface area contributed by atoms with Crippen LogP contribution in [0.5, 0.6) is 5.75 Å². The molecule has 1 amide bonds. The fourth-order valence-electron chi connectivity index (χ4n) is 3.06. The third-order valence-electron chi connectivity index (χ3n) is 4.42. The number of carbonyl (C=O) groups is 2. The Kier molecular flexibility index (Phi) is 4.34. The molecule has 0 atom stereocenters. The number of fused-ring (bicyclic) bond motifs is 3. The average Bonchev–Trinajstić information content (AvgIpc) is 3.04. The van der Waals surface area contributed by atoms with Gasteiger partial charge in [-0.3, -0.25) is 9.59 Å². The van der Waals surface area contributed by atoms with E-state index in [4.69, 9.17) is 4.74 Å². The molecule has 0 spiro atoms. The first-order chi connectivity index (χ1) is 13.1. The lowest BCUT2D eigenvalue weighted by atomic mass is 10.1. The molecule has 0 aliphatic rings. The van der Waals surface area contributed by atoms with Crippen molar-refractivity contribution in [1.82, 2.24) is 4.98 Å². The number of hydrogen-bond acceptors (Lipinski definition) is 3. The summed E-state index contributed by atoms with van der Waals surface area (Å²) < 4.78 is 5.62. The van der Waals surface area contributed by atoms with Gasteiger partial charge in [0.15, 0.2) is 12.4 Å². The van der Waals surface area contributed by atoms with Gasteiger partial charge in [-0.15, -0.1) is 0 Å². The molecule has 3 aromatic carbocycles. The van der Waals surface area contributed by atoms with Crippen LogP contribution in [0.2, 0.25) is 0 Å². The molecule has 4 aromatic rings. The van der Waals surface area contributed by atoms with E-state index in [9.17, 15) is 9.59 Å². The number of Topliss-reactive ketones (excluding diaryl/α,β-unsaturated/α-hetero) is 1. The van der Waals surface area contributed by atoms with Gasteiger partial charge in [-0.25, -0.2) is 0 Å². The van der Waals surface area contributed by atoms with E-state index in [1.54, 1.807) is 24.3 Å². The van der Waals surface area contributed by atoms with Crippen LogP contribution in [-0.2, 0) is 4.79 Å². The number of rotatable bonds is 5. The second-order valence-electron chi connectivity index (χ2n) is 6.35. The zero-order valence-corrected chi connectivity index (χ0v) is 14.8. The van der Waals surface area contributed by atoms with Crippen LogP contribution in [-0.4, -0.2) is 23.3 Å². The first-order valence-corrected chi connectivity index (χ1v) is 8.64. The van der Waals surface area contributed by atoms with Crippen molar-refractivity contribution >= 4 is 39.2 Å². The van der Waals surface area contributed by atoms with Gasteiger partial charge in [0.1, 0.15) is 5.75 Å². The van der Waals surface area contributed by atoms with Crippen molar-refractivity contribution in [3.63, 3.8) is 0 Å². The number of ketones is 1. The quantitative estimate of drug-likeness (QED) is 0.515. The van der Waals surface area contributed by atoms with Crippen molar-refractivity contribution in [2.45, 2.75) is 6.92 Å². The minimum atomic E-state index is -0.262. The van der Waals surface area contributed by atoms with E-state index in [-0.39, 0.29) is 18.3 Å². The summed E-state index contributed by atoms with van der Waals surface area (Å²) in [5.74, 6) is 0.349. The summed E-state index contributed by atoms with van der Waals surface area (Å²) in [4.78, 5) is 26.7. The van der Waals surface area contributed by atoms with Gasteiger partial charge in [-0.05, 0) is 49.4 Å². The number of anilines is 1. The smallest absolute Gasteiger partial charge is 0.262 e. The lowest BCUT2D eigenvalue weighted by molar-refractivity contribution is -0.118. The van der Waals surface area contributed by atoms with E-state index in [2.05, 4.69) is 16.4 Å². The molecular formula is C22H18N2O3. The van der Waals surface area contributed by atoms with E-state index < -0.39 is 0 Å². The fourth-order valence-corrected chi connectivity index (χ4v) is 3.06. The van der Waals surface area contributed by atoms with Crippen LogP contribution in [0.25, 0.3) is 21.8 Å². The van der Waals surface area contributed by atoms with E-state index in [0.717, 1.165) is 21.8 Å². The Balaban J connectivity index is 1.42. The molecule has 0 aliphatic heterocycles. The van der Waals surface area contributed by atoms with Gasteiger partial charge in [0.05, 0.1) is 5.52 Å². The Labute approximate surface area is 156 Å². The number of aromatic amines is 1. The summed E-state index contributed by atoms with van der Waals surface area (Å²) in [5, 5.41) is 5.03. The normalized spacial score (nSPS) is 10.9. The Hall–Kier alpha value is -3.60. The van der Waals surface area contributed by atoms with Gasteiger partial charge in [-0.2, -0.15) is 0 Å². The number of carbonyl (C=O) groups excluding carboxylic acids is 2. The molecule has 0 unspecified atom stereocenters. The maximum Gasteiger partial charge on any atom is 0.262 e. The summed E-state index contributed by atoms with van der Waals surface area (Å²) in [6.45, 7) is 1.41. The number of amides is 1. The predicted octanol–water partition coefficient (Wildman–Crippen LogP) is 4.54. The highest BCUT2D eigenvalue weighted by molar-refractivity contribution is 6.07. The molecular weight excluding hydrogens is 340 g/mol. The molecule has 5 nitrogen and oxygen atoms in total. The lowest BCUT2D eigenvalue weighted by Gasteiger charge is -2.08. The third kappa shape index (κ3) is 3.53. The topological polar surface area (TPSA) is 71.2 Å². The Bertz CT molecular complexity index is 1140. The minimum absolute atomic E-state index is 0.0106. The van der Waals surface area contributed by atoms with Gasteiger partial charge >= 0.3 is 0 Å². The highest BCUT2D eigenvalue weighted by atomic mass is 16.5. The van der Waals surface area contributed by atoms with Crippen LogP contribution in [0.3, 0.4) is 0 Å². The maximum absolute atomic E-state index is 12.1. The van der Waals surface area contributed by atoms with Crippen LogP contribution < -0.4 is 10.1 Å². The summed E-state index contributed by atoms with van der Waals surface area (Å²) in [5.41, 5.74) is 3.26. The molecule has 1 heterocycles. The summed E-state index contributed by atoms with van der Waals surface area (Å²) in [6.07, 6.45) is 0. The van der Waals surface area contributed by atoms with Crippen LogP contribution in [0.15, 0.2) is 66.7 Å². The van der Waals surface area contributed by atoms with Gasteiger partial charge < -0.3 is 15.0 Å². The minimum Gasteiger partial charge on any atom is -0.484 e. The van der Waals surface area contributed by atoms with Crippen molar-refractivity contribution in [2.24, 2.45) is 0 Å². The number of nitrogens with one attached hydrogen (secondary N) is 2. The maximum atomic E-state index is 12.1. The molecule has 27 heavy (non-hydrogen) atoms. The second-order valence-corrected chi connectivity index (χ2v) is 6.35. The van der Waals surface area contributed by atoms with E-state index in [0.29, 0.717) is 17.0 Å². The number of para-hydroxylation sites is 1. The van der Waals surface area contributed by atoms with Gasteiger partial charge in [0.25, 0.3) is 5.91 Å². The van der Waals surface area contributed by atoms with Crippen molar-refractivity contribution in [2.75, 3.05) is 11.9 Å². The largest absolute Gasteiger partial charge is 0.484 e. The predicted molar refractivity (Wildman–Crippen MR) is 106 cm³/mol. The number of benzene rings is 3. The van der Waals surface area contributed by atoms with Gasteiger partial charge in [0.2, 0.25) is 0 Å². The standard InChI is InChI=1S/C22H18N2O3/c1-14(25)15-6-8-16(9-7-15)23-22(26)13-27-17-10-11-19-18-4-2-3-5-20(18)24-21(19)12-17/h2-12,24H,13H2,1H3,(H,23,26). The molecule has 5 heteroatoms. The SMILES string of the molecule is CC(=O)c1ccc(NC(=O)COc2ccc3c(c2)[nH]c2ccccc23)cc1. The van der Waals surface area contributed by atoms with E-state index >= 15 is 0 Å². The molecule has 1 aromatic heterocycles. The second kappa shape index (κ2) is 6.96. The molecule has 0 bridgehead atoms. The first-order valence-electron chi connectivity index (χ1n) is 8.64. The Morgan fingerprint density at radius 1 is 0.926 bits per heavy atom. The molecule has 134 valence electrons. The van der Waals surface area contributed by atoms with Gasteiger partial charge in [-0.1, -0.05) is 18.2 Å². The van der Waals surface area contributed by atoms with Crippen LogP contribution in [0.4, 0.5) is 5.69 Å². The zero-order valence-electron chi connectivity index (χ0n) is 14.8. The lowest BCUT2D eigenvalue weighted by Crippen LogP contribution is -2.20. The molecule has 0 saturated heterocycles. The van der Waals surface area contributed by atoms with Gasteiger partial charge in [0, 0.05) is 33.6 Å². The van der Waals surface area contributed by atoms with Crippen LogP contribution >= 0.6 is 0 Å². The average molecular weight is 358 g/mol. The Morgan fingerprint density at radius 3 is 2.44 bits per heavy atom. The van der Waals surface area contributed by atoms with E-state index in [1.165, 1.54) is 6.92 Å². The molecule has 0 aliphatic carbocycles. The van der Waals surface area contributed by atoms with Crippen LogP contribution in [0, 0.1) is 0 Å². The van der Waals surface area contributed by atoms with E-state index in [1.807, 2.05) is 36.4 Å². The monoisotopic (exact) mass is 358 g/mol. The summed E-state index contributed by atoms with van der Waals surface area (Å²) in [6, 6.07) is 20.6. The van der Waals surface area contributed by atoms with Crippen LogP contribution in [0.1, 0.15) is 17.3 Å². The summed E-state index contributed by atoms with van der Waals surface area (Å²) in [7, 11) is 0. The number of hydrogen-bond donors (Lipinski definition) is 2. The molecule has 4 rings (SSSR count). The highest BCUT2D eigenvalue weighted by Crippen LogP contribution is 2.28. The number of H-pyrrole nitrogens is 1. The van der Waals surface area contributed by atoms with Crippen molar-refractivity contribution in [1.29, 1.82) is 0 Å².